The quantitative estimate of drug-likeness (QED) is 0.404. The fourth-order valence-corrected chi connectivity index (χ4v) is 3.45. The summed E-state index contributed by atoms with van der Waals surface area (Å²) in [6, 6.07) is 0. The highest BCUT2D eigenvalue weighted by Crippen LogP contribution is 2.70. The Kier molecular flexibility index (Phi) is 1.30. The maximum atomic E-state index is 11.5. The van der Waals surface area contributed by atoms with Gasteiger partial charge < -0.3 is 9.47 Å². The topological polar surface area (TPSA) is 86.7 Å². The molecule has 0 aromatic heterocycles. The number of cyclic esters (lactones) is 4. The highest BCUT2D eigenvalue weighted by atomic mass is 16.6. The first-order valence-electron chi connectivity index (χ1n) is 4.87. The zero-order chi connectivity index (χ0) is 11.9. The summed E-state index contributed by atoms with van der Waals surface area (Å²) in [5.74, 6) is -4.74. The van der Waals surface area contributed by atoms with Crippen molar-refractivity contribution in [1.82, 2.24) is 0 Å². The zero-order valence-electron chi connectivity index (χ0n) is 8.60. The van der Waals surface area contributed by atoms with Crippen LogP contribution in [0.15, 0.2) is 0 Å². The first-order valence-corrected chi connectivity index (χ1v) is 4.87. The van der Waals surface area contributed by atoms with Gasteiger partial charge in [-0.15, -0.1) is 0 Å². The van der Waals surface area contributed by atoms with Gasteiger partial charge in [-0.2, -0.15) is 0 Å². The van der Waals surface area contributed by atoms with E-state index in [-0.39, 0.29) is 0 Å². The second-order valence-corrected chi connectivity index (χ2v) is 4.85. The molecule has 0 radical (unpaired) electrons. The summed E-state index contributed by atoms with van der Waals surface area (Å²) in [6.45, 7) is 2.94. The van der Waals surface area contributed by atoms with Gasteiger partial charge in [0.05, 0.1) is 22.7 Å². The third kappa shape index (κ3) is 0.618. The molecule has 3 fully saturated rings. The normalized spacial score (nSPS) is 49.4. The fourth-order valence-electron chi connectivity index (χ4n) is 3.45. The fraction of sp³-hybridized carbons (Fsp3) is 0.600. The van der Waals surface area contributed by atoms with Gasteiger partial charge in [0.1, 0.15) is 0 Å². The Hall–Kier alpha value is -1.72. The SMILES string of the molecule is C[C@]12C(=O)OC(=O)[C@H]1[C@]1(C)C(=O)OC(=O)[C@H]21. The molecule has 0 unspecified atom stereocenters. The lowest BCUT2D eigenvalue weighted by atomic mass is 9.41. The number of fused-ring (bicyclic) bond motifs is 4. The van der Waals surface area contributed by atoms with Crippen LogP contribution in [0.4, 0.5) is 0 Å². The van der Waals surface area contributed by atoms with Gasteiger partial charge in [-0.1, -0.05) is 0 Å². The molecule has 6 heteroatoms. The summed E-state index contributed by atoms with van der Waals surface area (Å²) in [4.78, 5) is 46.1. The predicted molar refractivity (Wildman–Crippen MR) is 45.4 cm³/mol. The molecule has 2 aliphatic heterocycles. The average Bonchev–Trinajstić information content (AvgIpc) is 2.44. The van der Waals surface area contributed by atoms with Crippen molar-refractivity contribution in [3.8, 4) is 0 Å². The van der Waals surface area contributed by atoms with Crippen LogP contribution in [0.2, 0.25) is 0 Å². The van der Waals surface area contributed by atoms with Crippen molar-refractivity contribution in [2.45, 2.75) is 13.8 Å². The molecule has 0 N–H and O–H groups in total. The maximum absolute atomic E-state index is 11.5. The monoisotopic (exact) mass is 224 g/mol. The van der Waals surface area contributed by atoms with E-state index in [1.807, 2.05) is 0 Å². The molecule has 0 amide bonds. The van der Waals surface area contributed by atoms with Crippen molar-refractivity contribution in [1.29, 1.82) is 0 Å². The molecular formula is C10H8O6. The lowest BCUT2D eigenvalue weighted by Gasteiger charge is -2.50. The molecule has 0 atom stereocenters. The molecular weight excluding hydrogens is 216 g/mol. The number of carbonyl (C=O) groups excluding carboxylic acids is 4. The van der Waals surface area contributed by atoms with Crippen LogP contribution in [0, 0.1) is 22.7 Å². The van der Waals surface area contributed by atoms with Crippen LogP contribution in [-0.4, -0.2) is 23.9 Å². The Labute approximate surface area is 89.9 Å². The Bertz CT molecular complexity index is 424. The smallest absolute Gasteiger partial charge is 0.321 e. The second kappa shape index (κ2) is 2.18. The van der Waals surface area contributed by atoms with Crippen LogP contribution in [0.1, 0.15) is 13.8 Å². The summed E-state index contributed by atoms with van der Waals surface area (Å²) in [5.41, 5.74) is -2.45. The van der Waals surface area contributed by atoms with E-state index in [9.17, 15) is 19.2 Å². The van der Waals surface area contributed by atoms with Gasteiger partial charge in [0.25, 0.3) is 0 Å². The van der Waals surface area contributed by atoms with Crippen LogP contribution < -0.4 is 0 Å². The molecule has 0 bridgehead atoms. The lowest BCUT2D eigenvalue weighted by molar-refractivity contribution is -0.180. The Morgan fingerprint density at radius 1 is 0.812 bits per heavy atom. The minimum absolute atomic E-state index is 0.738. The minimum Gasteiger partial charge on any atom is -0.392 e. The van der Waals surface area contributed by atoms with Crippen molar-refractivity contribution in [2.24, 2.45) is 22.7 Å². The van der Waals surface area contributed by atoms with Gasteiger partial charge in [0.15, 0.2) is 0 Å². The van der Waals surface area contributed by atoms with Gasteiger partial charge in [-0.3, -0.25) is 19.2 Å². The van der Waals surface area contributed by atoms with E-state index in [0.717, 1.165) is 0 Å². The summed E-state index contributed by atoms with van der Waals surface area (Å²) < 4.78 is 9.02. The molecule has 3 aliphatic rings. The summed E-state index contributed by atoms with van der Waals surface area (Å²) in [6.07, 6.45) is 0. The standard InChI is InChI=1S/C10H8O6/c1-9-3(5(11)15-7(9)13)10(2)4(9)6(12)16-8(10)14/h3-4H,1-2H3/t3-,4-,9+,10+. The predicted octanol–water partition coefficient (Wildman–Crippen LogP) is -0.588. The molecule has 0 aromatic carbocycles. The number of esters is 4. The lowest BCUT2D eigenvalue weighted by Crippen LogP contribution is -2.65. The number of hydrogen-bond donors (Lipinski definition) is 0. The van der Waals surface area contributed by atoms with Crippen LogP contribution in [0.5, 0.6) is 0 Å². The van der Waals surface area contributed by atoms with Gasteiger partial charge in [0, 0.05) is 0 Å². The molecule has 0 aromatic rings. The molecule has 16 heavy (non-hydrogen) atoms. The van der Waals surface area contributed by atoms with Crippen molar-refractivity contribution in [2.75, 3.05) is 0 Å². The molecule has 2 heterocycles. The van der Waals surface area contributed by atoms with Gasteiger partial charge in [-0.25, -0.2) is 0 Å². The van der Waals surface area contributed by atoms with E-state index in [2.05, 4.69) is 9.47 Å². The molecule has 0 spiro atoms. The van der Waals surface area contributed by atoms with Crippen molar-refractivity contribution >= 4 is 23.9 Å². The first-order chi connectivity index (χ1) is 7.34. The van der Waals surface area contributed by atoms with E-state index in [4.69, 9.17) is 0 Å². The van der Waals surface area contributed by atoms with E-state index in [1.54, 1.807) is 0 Å². The minimum atomic E-state index is -1.23. The average molecular weight is 224 g/mol. The largest absolute Gasteiger partial charge is 0.392 e. The van der Waals surface area contributed by atoms with E-state index < -0.39 is 46.5 Å². The highest BCUT2D eigenvalue weighted by Gasteiger charge is 2.85. The summed E-state index contributed by atoms with van der Waals surface area (Å²) >= 11 is 0. The second-order valence-electron chi connectivity index (χ2n) is 4.85. The molecule has 1 aliphatic carbocycles. The highest BCUT2D eigenvalue weighted by molar-refractivity contribution is 6.14. The van der Waals surface area contributed by atoms with Crippen LogP contribution in [0.25, 0.3) is 0 Å². The van der Waals surface area contributed by atoms with Crippen molar-refractivity contribution in [3.63, 3.8) is 0 Å². The van der Waals surface area contributed by atoms with Gasteiger partial charge >= 0.3 is 23.9 Å². The summed E-state index contributed by atoms with van der Waals surface area (Å²) in [7, 11) is 0. The number of carbonyl (C=O) groups is 4. The summed E-state index contributed by atoms with van der Waals surface area (Å²) in [5, 5.41) is 0. The van der Waals surface area contributed by atoms with Crippen LogP contribution in [-0.2, 0) is 28.7 Å². The zero-order valence-corrected chi connectivity index (χ0v) is 8.60. The van der Waals surface area contributed by atoms with Crippen molar-refractivity contribution in [3.05, 3.63) is 0 Å². The number of rotatable bonds is 0. The molecule has 3 rings (SSSR count). The Balaban J connectivity index is 2.20. The van der Waals surface area contributed by atoms with Gasteiger partial charge in [-0.05, 0) is 13.8 Å². The van der Waals surface area contributed by atoms with Gasteiger partial charge in [0.2, 0.25) is 0 Å². The third-order valence-electron chi connectivity index (χ3n) is 4.14. The van der Waals surface area contributed by atoms with E-state index in [0.29, 0.717) is 0 Å². The Morgan fingerprint density at radius 3 is 1.44 bits per heavy atom. The van der Waals surface area contributed by atoms with Crippen LogP contribution >= 0.6 is 0 Å². The molecule has 6 nitrogen and oxygen atoms in total. The van der Waals surface area contributed by atoms with E-state index >= 15 is 0 Å². The molecule has 84 valence electrons. The Morgan fingerprint density at radius 2 is 1.12 bits per heavy atom. The maximum Gasteiger partial charge on any atom is 0.321 e. The van der Waals surface area contributed by atoms with E-state index in [1.165, 1.54) is 13.8 Å². The first kappa shape index (κ1) is 9.50. The molecule has 2 saturated heterocycles. The van der Waals surface area contributed by atoms with Crippen molar-refractivity contribution < 1.29 is 28.7 Å². The number of hydrogen-bond acceptors (Lipinski definition) is 6. The third-order valence-corrected chi connectivity index (χ3v) is 4.14. The van der Waals surface area contributed by atoms with Crippen LogP contribution in [0.3, 0.4) is 0 Å². The molecule has 1 saturated carbocycles. The number of ether oxygens (including phenoxy) is 2.